The minimum atomic E-state index is -1.91. The first-order chi connectivity index (χ1) is 15.4. The van der Waals surface area contributed by atoms with Gasteiger partial charge in [-0.1, -0.05) is 0 Å². The maximum atomic E-state index is 11.8. The van der Waals surface area contributed by atoms with Gasteiger partial charge in [-0.2, -0.15) is 0 Å². The molecule has 0 amide bonds. The van der Waals surface area contributed by atoms with Crippen LogP contribution in [0.2, 0.25) is 0 Å². The van der Waals surface area contributed by atoms with Crippen molar-refractivity contribution < 1.29 is 58.0 Å². The van der Waals surface area contributed by atoms with Crippen molar-refractivity contribution in [1.82, 2.24) is 0 Å². The van der Waals surface area contributed by atoms with Gasteiger partial charge in [0.25, 0.3) is 5.69 Å². The summed E-state index contributed by atoms with van der Waals surface area (Å²) < 4.78 is 26.2. The van der Waals surface area contributed by atoms with E-state index in [2.05, 4.69) is 0 Å². The molecule has 2 rings (SSSR count). The molecule has 0 unspecified atom stereocenters. The van der Waals surface area contributed by atoms with Crippen molar-refractivity contribution in [1.29, 1.82) is 0 Å². The molecule has 1 fully saturated rings. The standard InChI is InChI=1S/C19H21NO13/c1-8(22)29-14-15(30-9(2)23)17(31-10(3)24)19(33-16(14)18(25)26)32-13-5-4-12(20(27)28)6-11(13)7-21/h4-6,14-17,19,21H,7H2,1-3H3,(H,25,26)/t14-,15-,16-,17+,19+/m0/s1. The van der Waals surface area contributed by atoms with Crippen LogP contribution in [0.15, 0.2) is 18.2 Å². The van der Waals surface area contributed by atoms with E-state index in [1.165, 1.54) is 0 Å². The molecule has 0 radical (unpaired) electrons. The first-order valence-electron chi connectivity index (χ1n) is 9.39. The van der Waals surface area contributed by atoms with Gasteiger partial charge in [-0.3, -0.25) is 24.5 Å². The lowest BCUT2D eigenvalue weighted by Crippen LogP contribution is -2.64. The number of aliphatic hydroxyl groups excluding tert-OH is 1. The summed E-state index contributed by atoms with van der Waals surface area (Å²) in [4.78, 5) is 57.0. The average molecular weight is 471 g/mol. The second kappa shape index (κ2) is 10.7. The number of carboxylic acid groups (broad SMARTS) is 1. The fourth-order valence-electron chi connectivity index (χ4n) is 3.11. The fraction of sp³-hybridized carbons (Fsp3) is 0.474. The molecule has 1 aromatic rings. The minimum absolute atomic E-state index is 0.0626. The average Bonchev–Trinajstić information content (AvgIpc) is 2.70. The van der Waals surface area contributed by atoms with E-state index in [1.54, 1.807) is 0 Å². The van der Waals surface area contributed by atoms with E-state index in [0.29, 0.717) is 0 Å². The molecule has 180 valence electrons. The number of hydrogen-bond acceptors (Lipinski definition) is 12. The van der Waals surface area contributed by atoms with Crippen LogP contribution in [0.4, 0.5) is 5.69 Å². The van der Waals surface area contributed by atoms with Crippen molar-refractivity contribution in [3.05, 3.63) is 33.9 Å². The lowest BCUT2D eigenvalue weighted by molar-refractivity contribution is -0.385. The topological polar surface area (TPSA) is 198 Å². The van der Waals surface area contributed by atoms with Gasteiger partial charge in [-0.15, -0.1) is 0 Å². The summed E-state index contributed by atoms with van der Waals surface area (Å²) in [7, 11) is 0. The molecule has 1 saturated heterocycles. The van der Waals surface area contributed by atoms with Crippen LogP contribution in [0.3, 0.4) is 0 Å². The largest absolute Gasteiger partial charge is 0.479 e. The van der Waals surface area contributed by atoms with Crippen molar-refractivity contribution >= 4 is 29.6 Å². The van der Waals surface area contributed by atoms with Crippen molar-refractivity contribution in [3.63, 3.8) is 0 Å². The number of non-ortho nitro benzene ring substituents is 1. The number of aliphatic carboxylic acids is 1. The molecule has 1 aliphatic rings. The van der Waals surface area contributed by atoms with Crippen LogP contribution in [-0.2, 0) is 44.7 Å². The predicted molar refractivity (Wildman–Crippen MR) is 103 cm³/mol. The van der Waals surface area contributed by atoms with Gasteiger partial charge in [0, 0.05) is 38.5 Å². The highest BCUT2D eigenvalue weighted by Crippen LogP contribution is 2.33. The summed E-state index contributed by atoms with van der Waals surface area (Å²) in [5.74, 6) is -4.51. The van der Waals surface area contributed by atoms with Gasteiger partial charge >= 0.3 is 23.9 Å². The van der Waals surface area contributed by atoms with E-state index in [4.69, 9.17) is 23.7 Å². The lowest BCUT2D eigenvalue weighted by atomic mass is 9.97. The smallest absolute Gasteiger partial charge is 0.337 e. The highest BCUT2D eigenvalue weighted by Gasteiger charge is 2.55. The van der Waals surface area contributed by atoms with E-state index >= 15 is 0 Å². The van der Waals surface area contributed by atoms with Crippen molar-refractivity contribution in [2.75, 3.05) is 0 Å². The van der Waals surface area contributed by atoms with Crippen LogP contribution in [0.25, 0.3) is 0 Å². The first-order valence-corrected chi connectivity index (χ1v) is 9.39. The van der Waals surface area contributed by atoms with Crippen LogP contribution in [0.5, 0.6) is 5.75 Å². The molecule has 14 nitrogen and oxygen atoms in total. The Morgan fingerprint density at radius 1 is 1.00 bits per heavy atom. The fourth-order valence-corrected chi connectivity index (χ4v) is 3.11. The van der Waals surface area contributed by atoms with Crippen LogP contribution >= 0.6 is 0 Å². The predicted octanol–water partition coefficient (Wildman–Crippen LogP) is 0.0705. The third kappa shape index (κ3) is 6.36. The van der Waals surface area contributed by atoms with Crippen LogP contribution in [0.1, 0.15) is 26.3 Å². The third-order valence-electron chi connectivity index (χ3n) is 4.31. The number of nitro groups is 1. The lowest BCUT2D eigenvalue weighted by Gasteiger charge is -2.42. The Kier molecular flexibility index (Phi) is 8.26. The van der Waals surface area contributed by atoms with Gasteiger partial charge in [-0.05, 0) is 6.07 Å². The number of carbonyl (C=O) groups is 4. The molecule has 5 atom stereocenters. The zero-order valence-corrected chi connectivity index (χ0v) is 17.7. The second-order valence-corrected chi connectivity index (χ2v) is 6.81. The first kappa shape index (κ1) is 25.5. The molecular formula is C19H21NO13. The van der Waals surface area contributed by atoms with Crippen LogP contribution in [0, 0.1) is 10.1 Å². The van der Waals surface area contributed by atoms with E-state index in [1.807, 2.05) is 0 Å². The van der Waals surface area contributed by atoms with E-state index < -0.39 is 66.1 Å². The van der Waals surface area contributed by atoms with Crippen LogP contribution < -0.4 is 4.74 Å². The molecule has 33 heavy (non-hydrogen) atoms. The summed E-state index contributed by atoms with van der Waals surface area (Å²) in [6.45, 7) is 2.29. The third-order valence-corrected chi connectivity index (χ3v) is 4.31. The molecular weight excluding hydrogens is 450 g/mol. The number of hydrogen-bond donors (Lipinski definition) is 2. The number of carboxylic acids is 1. The van der Waals surface area contributed by atoms with Gasteiger partial charge < -0.3 is 33.9 Å². The minimum Gasteiger partial charge on any atom is -0.479 e. The molecule has 14 heteroatoms. The van der Waals surface area contributed by atoms with Crippen LogP contribution in [-0.4, -0.2) is 69.7 Å². The van der Waals surface area contributed by atoms with E-state index in [0.717, 1.165) is 39.0 Å². The maximum absolute atomic E-state index is 11.8. The Hall–Kier alpha value is -3.78. The molecule has 0 bridgehead atoms. The Morgan fingerprint density at radius 3 is 2.03 bits per heavy atom. The van der Waals surface area contributed by atoms with E-state index in [9.17, 15) is 39.5 Å². The Morgan fingerprint density at radius 2 is 1.55 bits per heavy atom. The molecule has 0 aliphatic carbocycles. The summed E-state index contributed by atoms with van der Waals surface area (Å²) in [5.41, 5.74) is -0.420. The highest BCUT2D eigenvalue weighted by molar-refractivity contribution is 5.75. The molecule has 0 saturated carbocycles. The van der Waals surface area contributed by atoms with E-state index in [-0.39, 0.29) is 17.0 Å². The summed E-state index contributed by atoms with van der Waals surface area (Å²) in [6, 6.07) is 3.18. The number of nitrogens with zero attached hydrogens (tertiary/aromatic N) is 1. The van der Waals surface area contributed by atoms with Gasteiger partial charge in [0.2, 0.25) is 12.4 Å². The zero-order valence-electron chi connectivity index (χ0n) is 17.7. The summed E-state index contributed by atoms with van der Waals surface area (Å²) >= 11 is 0. The molecule has 1 heterocycles. The molecule has 0 aromatic heterocycles. The van der Waals surface area contributed by atoms with Gasteiger partial charge in [0.1, 0.15) is 5.75 Å². The van der Waals surface area contributed by atoms with Crippen molar-refractivity contribution in [2.24, 2.45) is 0 Å². The summed E-state index contributed by atoms with van der Waals surface area (Å²) in [6.07, 6.45) is -8.62. The molecule has 2 N–H and O–H groups in total. The number of nitro benzene ring substituents is 1. The van der Waals surface area contributed by atoms with Gasteiger partial charge in [0.15, 0.2) is 18.3 Å². The Balaban J connectivity index is 2.53. The number of carbonyl (C=O) groups excluding carboxylic acids is 3. The monoisotopic (exact) mass is 471 g/mol. The molecule has 1 aliphatic heterocycles. The highest BCUT2D eigenvalue weighted by atomic mass is 16.7. The second-order valence-electron chi connectivity index (χ2n) is 6.81. The number of benzene rings is 1. The number of ether oxygens (including phenoxy) is 5. The SMILES string of the molecule is CC(=O)O[C@@H]1[C@@H](OC(C)=O)[C@H](Oc2ccc([N+](=O)[O-])cc2CO)O[C@H](C(=O)O)[C@H]1OC(C)=O. The molecule has 0 spiro atoms. The number of esters is 3. The number of rotatable bonds is 8. The van der Waals surface area contributed by atoms with Crippen molar-refractivity contribution in [3.8, 4) is 5.75 Å². The normalized spacial score (nSPS) is 24.3. The molecule has 1 aromatic carbocycles. The Bertz CT molecular complexity index is 946. The van der Waals surface area contributed by atoms with Gasteiger partial charge in [0.05, 0.1) is 11.5 Å². The Labute approximate surface area is 186 Å². The maximum Gasteiger partial charge on any atom is 0.337 e. The number of aliphatic hydroxyl groups is 1. The zero-order chi connectivity index (χ0) is 24.9. The van der Waals surface area contributed by atoms with Crippen molar-refractivity contribution in [2.45, 2.75) is 58.1 Å². The quantitative estimate of drug-likeness (QED) is 0.224. The van der Waals surface area contributed by atoms with Gasteiger partial charge in [-0.25, -0.2) is 4.79 Å². The summed E-state index contributed by atoms with van der Waals surface area (Å²) in [5, 5.41) is 30.1.